The zero-order chi connectivity index (χ0) is 18.2. The van der Waals surface area contributed by atoms with Crippen molar-refractivity contribution in [3.05, 3.63) is 54.1 Å². The van der Waals surface area contributed by atoms with Crippen LogP contribution in [-0.2, 0) is 4.79 Å². The summed E-state index contributed by atoms with van der Waals surface area (Å²) in [6, 6.07) is 17.3. The molecule has 134 valence electrons. The molecule has 1 amide bonds. The Kier molecular flexibility index (Phi) is 6.27. The van der Waals surface area contributed by atoms with Crippen molar-refractivity contribution in [2.75, 3.05) is 19.7 Å². The lowest BCUT2D eigenvalue weighted by atomic mass is 10.0. The van der Waals surface area contributed by atoms with Gasteiger partial charge in [-0.1, -0.05) is 43.5 Å². The summed E-state index contributed by atoms with van der Waals surface area (Å²) in [5.74, 6) is 0.769. The molecule has 1 aliphatic heterocycles. The number of benzene rings is 2. The van der Waals surface area contributed by atoms with Crippen molar-refractivity contribution in [1.82, 2.24) is 4.90 Å². The molecule has 1 aliphatic rings. The van der Waals surface area contributed by atoms with Gasteiger partial charge in [-0.15, -0.1) is 0 Å². The van der Waals surface area contributed by atoms with Crippen LogP contribution in [0.4, 0.5) is 0 Å². The number of rotatable bonds is 4. The molecule has 0 radical (unpaired) electrons. The van der Waals surface area contributed by atoms with Crippen molar-refractivity contribution in [2.45, 2.75) is 32.1 Å². The van der Waals surface area contributed by atoms with Crippen molar-refractivity contribution in [2.24, 2.45) is 0 Å². The fraction of sp³-hybridized carbons (Fsp3) is 0.364. The quantitative estimate of drug-likeness (QED) is 0.823. The van der Waals surface area contributed by atoms with E-state index in [1.165, 1.54) is 19.3 Å². The van der Waals surface area contributed by atoms with E-state index in [4.69, 9.17) is 10.00 Å². The van der Waals surface area contributed by atoms with Crippen LogP contribution in [0, 0.1) is 11.3 Å². The number of carbonyl (C=O) groups is 1. The Morgan fingerprint density at radius 2 is 1.42 bits per heavy atom. The fourth-order valence-electron chi connectivity index (χ4n) is 3.21. The van der Waals surface area contributed by atoms with Gasteiger partial charge in [0.1, 0.15) is 5.75 Å². The standard InChI is InChI=1S/C22H24N2O2/c23-16-18-6-8-19(9-7-18)20-10-12-21(13-11-20)26-17-22(25)24-14-4-2-1-3-5-15-24/h6-13H,1-5,14-15,17H2. The van der Waals surface area contributed by atoms with Crippen molar-refractivity contribution < 1.29 is 9.53 Å². The molecule has 0 aliphatic carbocycles. The van der Waals surface area contributed by atoms with E-state index in [9.17, 15) is 4.79 Å². The van der Waals surface area contributed by atoms with Crippen LogP contribution in [0.5, 0.6) is 5.75 Å². The number of nitrogens with zero attached hydrogens (tertiary/aromatic N) is 2. The van der Waals surface area contributed by atoms with Crippen LogP contribution in [0.15, 0.2) is 48.5 Å². The molecule has 0 atom stereocenters. The van der Waals surface area contributed by atoms with E-state index in [2.05, 4.69) is 6.07 Å². The van der Waals surface area contributed by atoms with Crippen LogP contribution >= 0.6 is 0 Å². The third-order valence-corrected chi connectivity index (χ3v) is 4.77. The van der Waals surface area contributed by atoms with Crippen LogP contribution in [0.3, 0.4) is 0 Å². The normalized spacial score (nSPS) is 14.8. The van der Waals surface area contributed by atoms with Gasteiger partial charge >= 0.3 is 0 Å². The number of likely N-dealkylation sites (tertiary alicyclic amines) is 1. The average Bonchev–Trinajstić information content (AvgIpc) is 2.66. The first-order chi connectivity index (χ1) is 12.8. The molecule has 0 unspecified atom stereocenters. The highest BCUT2D eigenvalue weighted by molar-refractivity contribution is 5.77. The predicted molar refractivity (Wildman–Crippen MR) is 102 cm³/mol. The number of hydrogen-bond acceptors (Lipinski definition) is 3. The summed E-state index contributed by atoms with van der Waals surface area (Å²) in [7, 11) is 0. The Labute approximate surface area is 155 Å². The van der Waals surface area contributed by atoms with Crippen molar-refractivity contribution >= 4 is 5.91 Å². The number of ether oxygens (including phenoxy) is 1. The molecular formula is C22H24N2O2. The Balaban J connectivity index is 1.55. The van der Waals surface area contributed by atoms with Gasteiger partial charge in [0.15, 0.2) is 6.61 Å². The van der Waals surface area contributed by atoms with Gasteiger partial charge < -0.3 is 9.64 Å². The second-order valence-electron chi connectivity index (χ2n) is 6.65. The Morgan fingerprint density at radius 3 is 2.00 bits per heavy atom. The Morgan fingerprint density at radius 1 is 0.885 bits per heavy atom. The van der Waals surface area contributed by atoms with Crippen molar-refractivity contribution in [3.63, 3.8) is 0 Å². The first-order valence-electron chi connectivity index (χ1n) is 9.27. The number of carbonyl (C=O) groups excluding carboxylic acids is 1. The lowest BCUT2D eigenvalue weighted by molar-refractivity contribution is -0.133. The van der Waals surface area contributed by atoms with Crippen LogP contribution in [0.1, 0.15) is 37.7 Å². The number of hydrogen-bond donors (Lipinski definition) is 0. The van der Waals surface area contributed by atoms with Gasteiger partial charge in [0.05, 0.1) is 11.6 Å². The van der Waals surface area contributed by atoms with Crippen LogP contribution in [0.25, 0.3) is 11.1 Å². The molecule has 4 heteroatoms. The molecule has 1 heterocycles. The minimum Gasteiger partial charge on any atom is -0.484 e. The molecule has 1 saturated heterocycles. The number of amides is 1. The van der Waals surface area contributed by atoms with E-state index in [1.807, 2.05) is 53.4 Å². The molecule has 2 aromatic rings. The van der Waals surface area contributed by atoms with Gasteiger partial charge in [-0.05, 0) is 48.2 Å². The molecule has 1 fully saturated rings. The van der Waals surface area contributed by atoms with Crippen molar-refractivity contribution in [3.8, 4) is 22.9 Å². The smallest absolute Gasteiger partial charge is 0.260 e. The molecule has 0 spiro atoms. The topological polar surface area (TPSA) is 53.3 Å². The molecular weight excluding hydrogens is 324 g/mol. The van der Waals surface area contributed by atoms with E-state index >= 15 is 0 Å². The van der Waals surface area contributed by atoms with E-state index in [0.29, 0.717) is 11.3 Å². The maximum atomic E-state index is 12.4. The lowest BCUT2D eigenvalue weighted by Crippen LogP contribution is -2.37. The molecule has 4 nitrogen and oxygen atoms in total. The predicted octanol–water partition coefficient (Wildman–Crippen LogP) is 4.40. The van der Waals surface area contributed by atoms with Crippen LogP contribution in [-0.4, -0.2) is 30.5 Å². The molecule has 0 N–H and O–H groups in total. The summed E-state index contributed by atoms with van der Waals surface area (Å²) in [5.41, 5.74) is 2.75. The summed E-state index contributed by atoms with van der Waals surface area (Å²) in [4.78, 5) is 14.3. The van der Waals surface area contributed by atoms with E-state index in [1.54, 1.807) is 0 Å². The monoisotopic (exact) mass is 348 g/mol. The third kappa shape index (κ3) is 4.86. The number of nitriles is 1. The molecule has 2 aromatic carbocycles. The van der Waals surface area contributed by atoms with Gasteiger partial charge in [-0.3, -0.25) is 4.79 Å². The minimum atomic E-state index is 0.0723. The maximum absolute atomic E-state index is 12.4. The van der Waals surface area contributed by atoms with E-state index in [0.717, 1.165) is 37.1 Å². The first kappa shape index (κ1) is 18.0. The lowest BCUT2D eigenvalue weighted by Gasteiger charge is -2.24. The molecule has 0 aromatic heterocycles. The second kappa shape index (κ2) is 9.05. The third-order valence-electron chi connectivity index (χ3n) is 4.77. The molecule has 3 rings (SSSR count). The van der Waals surface area contributed by atoms with Gasteiger partial charge in [-0.2, -0.15) is 5.26 Å². The zero-order valence-corrected chi connectivity index (χ0v) is 15.0. The minimum absolute atomic E-state index is 0.0723. The van der Waals surface area contributed by atoms with Crippen LogP contribution in [0.2, 0.25) is 0 Å². The summed E-state index contributed by atoms with van der Waals surface area (Å²) >= 11 is 0. The molecule has 0 bridgehead atoms. The summed E-state index contributed by atoms with van der Waals surface area (Å²) in [5, 5.41) is 8.87. The second-order valence-corrected chi connectivity index (χ2v) is 6.65. The van der Waals surface area contributed by atoms with Gasteiger partial charge in [0, 0.05) is 13.1 Å². The summed E-state index contributed by atoms with van der Waals surface area (Å²) in [6.45, 7) is 1.79. The largest absolute Gasteiger partial charge is 0.484 e. The average molecular weight is 348 g/mol. The Bertz CT molecular complexity index is 752. The highest BCUT2D eigenvalue weighted by Gasteiger charge is 2.15. The van der Waals surface area contributed by atoms with E-state index in [-0.39, 0.29) is 12.5 Å². The zero-order valence-electron chi connectivity index (χ0n) is 15.0. The van der Waals surface area contributed by atoms with Gasteiger partial charge in [0.25, 0.3) is 5.91 Å². The molecule has 26 heavy (non-hydrogen) atoms. The molecule has 0 saturated carbocycles. The van der Waals surface area contributed by atoms with Gasteiger partial charge in [-0.25, -0.2) is 0 Å². The highest BCUT2D eigenvalue weighted by Crippen LogP contribution is 2.23. The van der Waals surface area contributed by atoms with E-state index < -0.39 is 0 Å². The maximum Gasteiger partial charge on any atom is 0.260 e. The Hall–Kier alpha value is -2.80. The first-order valence-corrected chi connectivity index (χ1v) is 9.27. The van der Waals surface area contributed by atoms with Gasteiger partial charge in [0.2, 0.25) is 0 Å². The highest BCUT2D eigenvalue weighted by atomic mass is 16.5. The SMILES string of the molecule is N#Cc1ccc(-c2ccc(OCC(=O)N3CCCCCCC3)cc2)cc1. The van der Waals surface area contributed by atoms with Crippen LogP contribution < -0.4 is 4.74 Å². The summed E-state index contributed by atoms with van der Waals surface area (Å²) in [6.07, 6.45) is 5.88. The fourth-order valence-corrected chi connectivity index (χ4v) is 3.21. The van der Waals surface area contributed by atoms with Crippen molar-refractivity contribution in [1.29, 1.82) is 5.26 Å². The summed E-state index contributed by atoms with van der Waals surface area (Å²) < 4.78 is 5.69.